The zero-order valence-electron chi connectivity index (χ0n) is 12.5. The number of hydrogen-bond donors (Lipinski definition) is 2. The Kier molecular flexibility index (Phi) is 4.32. The molecule has 2 aromatic carbocycles. The minimum Gasteiger partial charge on any atom is -0.313 e. The molecule has 0 aromatic heterocycles. The van der Waals surface area contributed by atoms with Crippen LogP contribution in [0.25, 0.3) is 0 Å². The van der Waals surface area contributed by atoms with Crippen LogP contribution in [0.15, 0.2) is 36.4 Å². The molecule has 0 radical (unpaired) electrons. The van der Waals surface area contributed by atoms with Crippen LogP contribution < -0.4 is 10.6 Å². The predicted octanol–water partition coefficient (Wildman–Crippen LogP) is 4.36. The zero-order chi connectivity index (χ0) is 14.5. The predicted molar refractivity (Wildman–Crippen MR) is 86.9 cm³/mol. The highest BCUT2D eigenvalue weighted by molar-refractivity contribution is 5.62. The van der Waals surface area contributed by atoms with Crippen molar-refractivity contribution in [3.05, 3.63) is 58.7 Å². The Balaban J connectivity index is 2.10. The maximum atomic E-state index is 3.17. The zero-order valence-corrected chi connectivity index (χ0v) is 12.5. The quantitative estimate of drug-likeness (QED) is 0.622. The molecule has 0 heterocycles. The average molecular weight is 264 g/mol. The summed E-state index contributed by atoms with van der Waals surface area (Å²) in [7, 11) is 0. The van der Waals surface area contributed by atoms with Crippen LogP contribution in [0.5, 0.6) is 0 Å². The van der Waals surface area contributed by atoms with Gasteiger partial charge in [-0.2, -0.15) is 0 Å². The van der Waals surface area contributed by atoms with Crippen LogP contribution >= 0.6 is 0 Å². The summed E-state index contributed by atoms with van der Waals surface area (Å²) >= 11 is 0. The molecule has 0 aliphatic rings. The lowest BCUT2D eigenvalue weighted by molar-refractivity contribution is 1.36. The molecule has 0 aliphatic heterocycles. The van der Waals surface area contributed by atoms with Gasteiger partial charge in [0.25, 0.3) is 0 Å². The maximum Gasteiger partial charge on any atom is 0.0518 e. The van der Waals surface area contributed by atoms with Crippen LogP contribution in [0.1, 0.15) is 22.3 Å². The van der Waals surface area contributed by atoms with Crippen LogP contribution in [-0.2, 0) is 0 Å². The van der Waals surface area contributed by atoms with Crippen LogP contribution in [0.3, 0.4) is 0 Å². The molecule has 0 bridgehead atoms. The van der Waals surface area contributed by atoms with Gasteiger partial charge in [0.1, 0.15) is 0 Å². The second-order valence-electron chi connectivity index (χ2n) is 5.03. The van der Waals surface area contributed by atoms with Crippen molar-refractivity contribution in [2.75, 3.05) is 10.6 Å². The summed E-state index contributed by atoms with van der Waals surface area (Å²) in [5.41, 5.74) is 6.97. The second-order valence-corrected chi connectivity index (χ2v) is 5.03. The number of hydrogen-bond acceptors (Lipinski definition) is 2. The fourth-order valence-electron chi connectivity index (χ4n) is 2.21. The summed E-state index contributed by atoms with van der Waals surface area (Å²) in [5.74, 6) is 0. The lowest BCUT2D eigenvalue weighted by Gasteiger charge is -2.08. The third kappa shape index (κ3) is 3.13. The molecule has 2 aromatic rings. The van der Waals surface area contributed by atoms with E-state index in [1.54, 1.807) is 0 Å². The smallest absolute Gasteiger partial charge is 0.0518 e. The highest BCUT2D eigenvalue weighted by Crippen LogP contribution is 2.19. The van der Waals surface area contributed by atoms with Crippen LogP contribution in [-0.4, -0.2) is 0 Å². The number of nitrogens with one attached hydrogen (secondary N) is 2. The Hall–Kier alpha value is -2.40. The Morgan fingerprint density at radius 3 is 1.20 bits per heavy atom. The number of rotatable bonds is 2. The SMILES string of the molecule is Cc1cccc(C)c1NC#CNc1c(C)cccc1C. The van der Waals surface area contributed by atoms with E-state index in [0.717, 1.165) is 11.4 Å². The molecule has 20 heavy (non-hydrogen) atoms. The molecule has 102 valence electrons. The highest BCUT2D eigenvalue weighted by Gasteiger charge is 2.00. The molecule has 0 amide bonds. The van der Waals surface area contributed by atoms with Gasteiger partial charge in [-0.3, -0.25) is 0 Å². The minimum absolute atomic E-state index is 1.09. The van der Waals surface area contributed by atoms with E-state index >= 15 is 0 Å². The summed E-state index contributed by atoms with van der Waals surface area (Å²) in [4.78, 5) is 0. The molecule has 0 spiro atoms. The van der Waals surface area contributed by atoms with E-state index < -0.39 is 0 Å². The molecule has 2 nitrogen and oxygen atoms in total. The largest absolute Gasteiger partial charge is 0.313 e. The molecule has 0 saturated heterocycles. The first kappa shape index (κ1) is 14.0. The molecule has 0 atom stereocenters. The van der Waals surface area contributed by atoms with E-state index in [4.69, 9.17) is 0 Å². The maximum absolute atomic E-state index is 3.17. The standard InChI is InChI=1S/C18H20N2/c1-13-7-5-8-14(2)17(13)19-11-12-20-18-15(3)9-6-10-16(18)4/h5-10,19-20H,1-4H3. The lowest BCUT2D eigenvalue weighted by Crippen LogP contribution is -1.98. The van der Waals surface area contributed by atoms with Crippen LogP contribution in [0.2, 0.25) is 0 Å². The summed E-state index contributed by atoms with van der Waals surface area (Å²) in [6, 6.07) is 18.4. The van der Waals surface area contributed by atoms with Crippen molar-refractivity contribution < 1.29 is 0 Å². The first-order valence-electron chi connectivity index (χ1n) is 6.74. The molecule has 2 rings (SSSR count). The van der Waals surface area contributed by atoms with Crippen molar-refractivity contribution in [3.8, 4) is 12.1 Å². The first-order chi connectivity index (χ1) is 9.59. The topological polar surface area (TPSA) is 24.1 Å². The van der Waals surface area contributed by atoms with Crippen molar-refractivity contribution in [2.24, 2.45) is 0 Å². The summed E-state index contributed by atoms with van der Waals surface area (Å²) in [6.45, 7) is 8.32. The van der Waals surface area contributed by atoms with Gasteiger partial charge in [0.15, 0.2) is 0 Å². The van der Waals surface area contributed by atoms with E-state index in [2.05, 4.69) is 86.8 Å². The average Bonchev–Trinajstić information content (AvgIpc) is 2.40. The minimum atomic E-state index is 1.09. The third-order valence-corrected chi connectivity index (χ3v) is 3.40. The van der Waals surface area contributed by atoms with Crippen molar-refractivity contribution in [3.63, 3.8) is 0 Å². The second kappa shape index (κ2) is 6.16. The first-order valence-corrected chi connectivity index (χ1v) is 6.74. The Bertz CT molecular complexity index is 578. The molecule has 0 saturated carbocycles. The monoisotopic (exact) mass is 264 g/mol. The lowest BCUT2D eigenvalue weighted by atomic mass is 10.1. The van der Waals surface area contributed by atoms with Gasteiger partial charge in [0.05, 0.1) is 11.4 Å². The van der Waals surface area contributed by atoms with Gasteiger partial charge in [-0.05, 0) is 49.9 Å². The molecule has 0 fully saturated rings. The van der Waals surface area contributed by atoms with Gasteiger partial charge in [-0.1, -0.05) is 36.4 Å². The fraction of sp³-hybridized carbons (Fsp3) is 0.222. The summed E-state index contributed by atoms with van der Waals surface area (Å²) in [5, 5.41) is 6.33. The van der Waals surface area contributed by atoms with Crippen molar-refractivity contribution >= 4 is 11.4 Å². The van der Waals surface area contributed by atoms with Gasteiger partial charge >= 0.3 is 0 Å². The van der Waals surface area contributed by atoms with Gasteiger partial charge < -0.3 is 10.6 Å². The van der Waals surface area contributed by atoms with Gasteiger partial charge in [0.2, 0.25) is 0 Å². The van der Waals surface area contributed by atoms with Crippen molar-refractivity contribution in [1.82, 2.24) is 0 Å². The number of aryl methyl sites for hydroxylation is 4. The Morgan fingerprint density at radius 2 is 0.900 bits per heavy atom. The van der Waals surface area contributed by atoms with E-state index in [0.29, 0.717) is 0 Å². The van der Waals surface area contributed by atoms with Gasteiger partial charge in [-0.25, -0.2) is 0 Å². The fourth-order valence-corrected chi connectivity index (χ4v) is 2.21. The van der Waals surface area contributed by atoms with Crippen LogP contribution in [0.4, 0.5) is 11.4 Å². The molecule has 2 N–H and O–H groups in total. The van der Waals surface area contributed by atoms with Gasteiger partial charge in [0, 0.05) is 12.1 Å². The number of benzene rings is 2. The summed E-state index contributed by atoms with van der Waals surface area (Å²) in [6.07, 6.45) is 0. The van der Waals surface area contributed by atoms with Crippen molar-refractivity contribution in [2.45, 2.75) is 27.7 Å². The molecule has 0 unspecified atom stereocenters. The number of para-hydroxylation sites is 2. The van der Waals surface area contributed by atoms with Crippen LogP contribution in [0, 0.1) is 39.8 Å². The molecule has 2 heteroatoms. The van der Waals surface area contributed by atoms with Crippen molar-refractivity contribution in [1.29, 1.82) is 0 Å². The van der Waals surface area contributed by atoms with E-state index in [9.17, 15) is 0 Å². The number of anilines is 2. The molecule has 0 aliphatic carbocycles. The highest BCUT2D eigenvalue weighted by atomic mass is 14.9. The van der Waals surface area contributed by atoms with E-state index in [1.807, 2.05) is 0 Å². The molecular weight excluding hydrogens is 244 g/mol. The van der Waals surface area contributed by atoms with E-state index in [-0.39, 0.29) is 0 Å². The molecular formula is C18H20N2. The summed E-state index contributed by atoms with van der Waals surface area (Å²) < 4.78 is 0. The van der Waals surface area contributed by atoms with Gasteiger partial charge in [-0.15, -0.1) is 0 Å². The Morgan fingerprint density at radius 1 is 0.600 bits per heavy atom. The van der Waals surface area contributed by atoms with E-state index in [1.165, 1.54) is 22.3 Å². The normalized spacial score (nSPS) is 9.60. The third-order valence-electron chi connectivity index (χ3n) is 3.40. The Labute approximate surface area is 121 Å².